The molecule has 0 radical (unpaired) electrons. The van der Waals surface area contributed by atoms with Gasteiger partial charge in [-0.25, -0.2) is 0 Å². The van der Waals surface area contributed by atoms with Crippen molar-refractivity contribution in [1.29, 1.82) is 0 Å². The Balaban J connectivity index is 2.05. The molecule has 0 aromatic rings. The Kier molecular flexibility index (Phi) is 5.34. The Morgan fingerprint density at radius 3 is 2.29 bits per heavy atom. The molecular formula is C18H34N2O. The van der Waals surface area contributed by atoms with E-state index in [0.717, 1.165) is 25.2 Å². The van der Waals surface area contributed by atoms with E-state index < -0.39 is 0 Å². The molecule has 1 spiro atoms. The maximum Gasteiger partial charge on any atom is 0.244 e. The fourth-order valence-electron chi connectivity index (χ4n) is 4.05. The average molecular weight is 294 g/mol. The molecule has 2 atom stereocenters. The lowest BCUT2D eigenvalue weighted by Crippen LogP contribution is -2.46. The van der Waals surface area contributed by atoms with Gasteiger partial charge in [-0.05, 0) is 38.0 Å². The van der Waals surface area contributed by atoms with E-state index in [1.54, 1.807) is 0 Å². The first-order valence-corrected chi connectivity index (χ1v) is 8.98. The Hall–Kier alpha value is -0.570. The van der Waals surface area contributed by atoms with Crippen molar-refractivity contribution in [3.05, 3.63) is 0 Å². The predicted molar refractivity (Wildman–Crippen MR) is 88.0 cm³/mol. The largest absolute Gasteiger partial charge is 0.323 e. The number of hydrogen-bond donors (Lipinski definition) is 1. The van der Waals surface area contributed by atoms with Gasteiger partial charge in [0.05, 0.1) is 11.7 Å². The highest BCUT2D eigenvalue weighted by Gasteiger charge is 2.53. The van der Waals surface area contributed by atoms with E-state index in [2.05, 4.69) is 44.8 Å². The Labute approximate surface area is 130 Å². The molecule has 0 bridgehead atoms. The van der Waals surface area contributed by atoms with Gasteiger partial charge in [0.1, 0.15) is 0 Å². The zero-order valence-electron chi connectivity index (χ0n) is 14.6. The minimum absolute atomic E-state index is 0.221. The smallest absolute Gasteiger partial charge is 0.244 e. The van der Waals surface area contributed by atoms with E-state index in [4.69, 9.17) is 0 Å². The second-order valence-electron chi connectivity index (χ2n) is 8.01. The summed E-state index contributed by atoms with van der Waals surface area (Å²) in [5.74, 6) is 1.61. The summed E-state index contributed by atoms with van der Waals surface area (Å²) in [7, 11) is 0. The normalized spacial score (nSPS) is 26.5. The van der Waals surface area contributed by atoms with Crippen LogP contribution in [-0.2, 0) is 4.79 Å². The van der Waals surface area contributed by atoms with Gasteiger partial charge in [0.15, 0.2) is 0 Å². The number of carbonyl (C=O) groups is 1. The highest BCUT2D eigenvalue weighted by Crippen LogP contribution is 2.39. The summed E-state index contributed by atoms with van der Waals surface area (Å²) in [4.78, 5) is 15.2. The van der Waals surface area contributed by atoms with Crippen molar-refractivity contribution in [2.75, 3.05) is 0 Å². The van der Waals surface area contributed by atoms with Crippen molar-refractivity contribution >= 4 is 5.91 Å². The minimum Gasteiger partial charge on any atom is -0.323 e. The monoisotopic (exact) mass is 294 g/mol. The van der Waals surface area contributed by atoms with Crippen molar-refractivity contribution in [3.8, 4) is 0 Å². The molecule has 1 saturated carbocycles. The maximum absolute atomic E-state index is 13.0. The Morgan fingerprint density at radius 1 is 1.14 bits per heavy atom. The number of carbonyl (C=O) groups excluding carboxylic acids is 1. The molecule has 2 aliphatic rings. The fourth-order valence-corrected chi connectivity index (χ4v) is 4.05. The van der Waals surface area contributed by atoms with Crippen molar-refractivity contribution < 1.29 is 4.79 Å². The highest BCUT2D eigenvalue weighted by atomic mass is 16.2. The lowest BCUT2D eigenvalue weighted by atomic mass is 9.97. The Bertz CT molecular complexity index is 358. The van der Waals surface area contributed by atoms with Crippen LogP contribution in [0.2, 0.25) is 0 Å². The van der Waals surface area contributed by atoms with Crippen molar-refractivity contribution in [2.24, 2.45) is 11.8 Å². The second kappa shape index (κ2) is 6.68. The first-order chi connectivity index (χ1) is 9.87. The third-order valence-electron chi connectivity index (χ3n) is 5.33. The second-order valence-corrected chi connectivity index (χ2v) is 8.01. The van der Waals surface area contributed by atoms with E-state index in [-0.39, 0.29) is 11.7 Å². The molecule has 2 fully saturated rings. The van der Waals surface area contributed by atoms with Crippen molar-refractivity contribution in [1.82, 2.24) is 10.2 Å². The quantitative estimate of drug-likeness (QED) is 0.805. The standard InChI is InChI=1S/C18H34N2O/c1-13(2)9-8-10-15(5)20-16(14(3)4)19-18(17(20)21)11-6-7-12-18/h13-16,19H,6-12H2,1-5H3. The van der Waals surface area contributed by atoms with Gasteiger partial charge in [-0.1, -0.05) is 53.4 Å². The fraction of sp³-hybridized carbons (Fsp3) is 0.944. The van der Waals surface area contributed by atoms with E-state index in [9.17, 15) is 4.79 Å². The molecule has 1 aliphatic carbocycles. The van der Waals surface area contributed by atoms with E-state index in [1.807, 2.05) is 0 Å². The molecule has 1 heterocycles. The molecule has 3 heteroatoms. The van der Waals surface area contributed by atoms with Crippen LogP contribution in [0.5, 0.6) is 0 Å². The van der Waals surface area contributed by atoms with Gasteiger partial charge in [0.25, 0.3) is 0 Å². The summed E-state index contributed by atoms with van der Waals surface area (Å²) in [6.07, 6.45) is 8.29. The number of nitrogens with zero attached hydrogens (tertiary/aromatic N) is 1. The van der Waals surface area contributed by atoms with Crippen LogP contribution < -0.4 is 5.32 Å². The third kappa shape index (κ3) is 3.44. The van der Waals surface area contributed by atoms with Crippen LogP contribution in [0.3, 0.4) is 0 Å². The molecule has 0 aromatic heterocycles. The van der Waals surface area contributed by atoms with Crippen molar-refractivity contribution in [2.45, 2.75) is 97.3 Å². The molecule has 122 valence electrons. The van der Waals surface area contributed by atoms with Crippen LogP contribution >= 0.6 is 0 Å². The van der Waals surface area contributed by atoms with E-state index >= 15 is 0 Å². The summed E-state index contributed by atoms with van der Waals surface area (Å²) in [6, 6.07) is 0.358. The van der Waals surface area contributed by atoms with Gasteiger partial charge in [0.2, 0.25) is 5.91 Å². The zero-order chi connectivity index (χ0) is 15.6. The van der Waals surface area contributed by atoms with Crippen LogP contribution in [0, 0.1) is 11.8 Å². The van der Waals surface area contributed by atoms with Crippen LogP contribution in [0.25, 0.3) is 0 Å². The lowest BCUT2D eigenvalue weighted by molar-refractivity contribution is -0.135. The highest BCUT2D eigenvalue weighted by molar-refractivity contribution is 5.89. The van der Waals surface area contributed by atoms with Gasteiger partial charge in [-0.2, -0.15) is 0 Å². The number of rotatable bonds is 6. The van der Waals surface area contributed by atoms with Gasteiger partial charge < -0.3 is 4.90 Å². The molecule has 2 unspecified atom stereocenters. The topological polar surface area (TPSA) is 32.3 Å². The Morgan fingerprint density at radius 2 is 1.76 bits per heavy atom. The van der Waals surface area contributed by atoms with E-state index in [1.165, 1.54) is 25.7 Å². The molecule has 1 aliphatic heterocycles. The molecule has 1 amide bonds. The third-order valence-corrected chi connectivity index (χ3v) is 5.33. The molecule has 1 N–H and O–H groups in total. The first-order valence-electron chi connectivity index (χ1n) is 8.98. The molecule has 0 aromatic carbocycles. The zero-order valence-corrected chi connectivity index (χ0v) is 14.6. The van der Waals surface area contributed by atoms with E-state index in [0.29, 0.717) is 17.9 Å². The number of hydrogen-bond acceptors (Lipinski definition) is 2. The maximum atomic E-state index is 13.0. The van der Waals surface area contributed by atoms with Gasteiger partial charge in [0, 0.05) is 6.04 Å². The molecule has 21 heavy (non-hydrogen) atoms. The van der Waals surface area contributed by atoms with Crippen LogP contribution in [0.1, 0.15) is 79.6 Å². The summed E-state index contributed by atoms with van der Waals surface area (Å²) >= 11 is 0. The van der Waals surface area contributed by atoms with Gasteiger partial charge in [-0.15, -0.1) is 0 Å². The number of nitrogens with one attached hydrogen (secondary N) is 1. The summed E-state index contributed by atoms with van der Waals surface area (Å²) < 4.78 is 0. The van der Waals surface area contributed by atoms with Crippen LogP contribution in [-0.4, -0.2) is 28.6 Å². The average Bonchev–Trinajstić information content (AvgIpc) is 2.97. The van der Waals surface area contributed by atoms with Crippen LogP contribution in [0.15, 0.2) is 0 Å². The SMILES string of the molecule is CC(C)CCCC(C)N1C(=O)C2(CCCC2)NC1C(C)C. The summed E-state index contributed by atoms with van der Waals surface area (Å²) in [5.41, 5.74) is -0.221. The summed E-state index contributed by atoms with van der Waals surface area (Å²) in [5, 5.41) is 3.72. The molecule has 2 rings (SSSR count). The van der Waals surface area contributed by atoms with Crippen LogP contribution in [0.4, 0.5) is 0 Å². The van der Waals surface area contributed by atoms with Gasteiger partial charge in [-0.3, -0.25) is 10.1 Å². The van der Waals surface area contributed by atoms with Crippen molar-refractivity contribution in [3.63, 3.8) is 0 Å². The molecule has 3 nitrogen and oxygen atoms in total. The molecule has 1 saturated heterocycles. The summed E-state index contributed by atoms with van der Waals surface area (Å²) in [6.45, 7) is 11.2. The minimum atomic E-state index is -0.221. The predicted octanol–water partition coefficient (Wildman–Crippen LogP) is 3.93. The lowest BCUT2D eigenvalue weighted by Gasteiger charge is -2.33. The number of amides is 1. The first kappa shape index (κ1) is 16.8. The van der Waals surface area contributed by atoms with Gasteiger partial charge >= 0.3 is 0 Å². The molecular weight excluding hydrogens is 260 g/mol.